The molecule has 2 heterocycles. The van der Waals surface area contributed by atoms with Crippen molar-refractivity contribution in [3.63, 3.8) is 0 Å². The molecular formula is C14H19FIN3OSi. The highest BCUT2D eigenvalue weighted by atomic mass is 127. The Balaban J connectivity index is 2.06. The Labute approximate surface area is 138 Å². The van der Waals surface area contributed by atoms with Crippen LogP contribution in [-0.4, -0.2) is 29.2 Å². The zero-order valence-electron chi connectivity index (χ0n) is 12.4. The first-order valence-corrected chi connectivity index (χ1v) is 11.6. The van der Waals surface area contributed by atoms with Crippen molar-refractivity contribution in [3.8, 4) is 11.5 Å². The molecule has 0 amide bonds. The summed E-state index contributed by atoms with van der Waals surface area (Å²) < 4.78 is 21.7. The van der Waals surface area contributed by atoms with Gasteiger partial charge in [-0.25, -0.2) is 14.4 Å². The van der Waals surface area contributed by atoms with Gasteiger partial charge in [0.25, 0.3) is 0 Å². The van der Waals surface area contributed by atoms with Crippen LogP contribution in [0, 0.1) is 9.52 Å². The van der Waals surface area contributed by atoms with Crippen molar-refractivity contribution >= 4 is 30.7 Å². The Morgan fingerprint density at radius 2 is 2.00 bits per heavy atom. The Morgan fingerprint density at radius 1 is 1.24 bits per heavy atom. The van der Waals surface area contributed by atoms with Crippen LogP contribution in [0.15, 0.2) is 24.5 Å². The van der Waals surface area contributed by atoms with Crippen LogP contribution in [0.3, 0.4) is 0 Å². The predicted molar refractivity (Wildman–Crippen MR) is 92.2 cm³/mol. The van der Waals surface area contributed by atoms with E-state index in [0.717, 1.165) is 16.4 Å². The lowest BCUT2D eigenvalue weighted by Crippen LogP contribution is -2.22. The van der Waals surface area contributed by atoms with Gasteiger partial charge in [0.2, 0.25) is 0 Å². The molecule has 0 spiro atoms. The molecule has 2 aromatic heterocycles. The molecule has 0 aromatic carbocycles. The molecule has 0 saturated carbocycles. The van der Waals surface area contributed by atoms with Gasteiger partial charge in [0.15, 0.2) is 5.82 Å². The summed E-state index contributed by atoms with van der Waals surface area (Å²) in [4.78, 5) is 8.42. The first-order valence-electron chi connectivity index (χ1n) is 6.77. The van der Waals surface area contributed by atoms with Crippen LogP contribution in [0.4, 0.5) is 4.39 Å². The van der Waals surface area contributed by atoms with E-state index in [-0.39, 0.29) is 5.82 Å². The predicted octanol–water partition coefficient (Wildman–Crippen LogP) is 4.00. The smallest absolute Gasteiger partial charge is 0.161 e. The van der Waals surface area contributed by atoms with Gasteiger partial charge in [-0.05, 0) is 40.8 Å². The molecule has 0 N–H and O–H groups in total. The zero-order valence-corrected chi connectivity index (χ0v) is 15.6. The zero-order chi connectivity index (χ0) is 15.5. The average molecular weight is 419 g/mol. The van der Waals surface area contributed by atoms with E-state index in [2.05, 4.69) is 52.2 Å². The Morgan fingerprint density at radius 3 is 2.62 bits per heavy atom. The molecule has 0 fully saturated rings. The van der Waals surface area contributed by atoms with E-state index < -0.39 is 8.07 Å². The van der Waals surface area contributed by atoms with Gasteiger partial charge in [-0.15, -0.1) is 0 Å². The van der Waals surface area contributed by atoms with Crippen molar-refractivity contribution in [3.05, 3.63) is 34.0 Å². The molecule has 0 aliphatic heterocycles. The normalized spacial score (nSPS) is 11.9. The molecule has 114 valence electrons. The summed E-state index contributed by atoms with van der Waals surface area (Å²) in [6.07, 6.45) is 2.97. The third kappa shape index (κ3) is 4.85. The van der Waals surface area contributed by atoms with Crippen molar-refractivity contribution in [1.29, 1.82) is 0 Å². The van der Waals surface area contributed by atoms with E-state index in [0.29, 0.717) is 18.2 Å². The first-order chi connectivity index (χ1) is 9.87. The van der Waals surface area contributed by atoms with Gasteiger partial charge in [-0.2, -0.15) is 0 Å². The molecule has 21 heavy (non-hydrogen) atoms. The van der Waals surface area contributed by atoms with Crippen molar-refractivity contribution < 1.29 is 9.13 Å². The van der Waals surface area contributed by atoms with Crippen LogP contribution in [0.25, 0.3) is 11.5 Å². The number of halogens is 2. The lowest BCUT2D eigenvalue weighted by atomic mass is 10.3. The van der Waals surface area contributed by atoms with E-state index in [1.54, 1.807) is 12.3 Å². The topological polar surface area (TPSA) is 39.9 Å². The maximum atomic E-state index is 13.0. The largest absolute Gasteiger partial charge is 0.361 e. The summed E-state index contributed by atoms with van der Waals surface area (Å²) in [5.74, 6) is 0.352. The van der Waals surface area contributed by atoms with Gasteiger partial charge in [-0.1, -0.05) is 19.6 Å². The van der Waals surface area contributed by atoms with Crippen LogP contribution in [0.5, 0.6) is 0 Å². The number of hydrogen-bond donors (Lipinski definition) is 0. The second-order valence-corrected chi connectivity index (χ2v) is 12.8. The third-order valence-electron chi connectivity index (χ3n) is 2.98. The molecule has 0 unspecified atom stereocenters. The second kappa shape index (κ2) is 6.97. The van der Waals surface area contributed by atoms with Gasteiger partial charge in [0.1, 0.15) is 21.9 Å². The monoisotopic (exact) mass is 419 g/mol. The molecule has 0 atom stereocenters. The summed E-state index contributed by atoms with van der Waals surface area (Å²) in [5, 5.41) is 0. The highest BCUT2D eigenvalue weighted by molar-refractivity contribution is 14.1. The molecule has 4 nitrogen and oxygen atoms in total. The van der Waals surface area contributed by atoms with Crippen molar-refractivity contribution in [2.75, 3.05) is 6.61 Å². The van der Waals surface area contributed by atoms with E-state index in [4.69, 9.17) is 4.74 Å². The van der Waals surface area contributed by atoms with E-state index in [9.17, 15) is 4.39 Å². The van der Waals surface area contributed by atoms with Crippen molar-refractivity contribution in [2.24, 2.45) is 0 Å². The third-order valence-corrected chi connectivity index (χ3v) is 5.55. The fourth-order valence-corrected chi connectivity index (χ4v) is 2.99. The standard InChI is InChI=1S/C14H19FIN3OSi/c1-21(2,3)7-6-20-10-19-13(16)9-18-14(19)12-5-4-11(15)8-17-12/h4-5,8-9H,6-7,10H2,1-3H3. The number of ether oxygens (including phenoxy) is 1. The van der Waals surface area contributed by atoms with Crippen molar-refractivity contribution in [2.45, 2.75) is 32.4 Å². The summed E-state index contributed by atoms with van der Waals surface area (Å²) in [7, 11) is -1.08. The Bertz CT molecular complexity index is 595. The summed E-state index contributed by atoms with van der Waals surface area (Å²) in [5.41, 5.74) is 0.646. The number of pyridine rings is 1. The quantitative estimate of drug-likeness (QED) is 0.404. The van der Waals surface area contributed by atoms with Gasteiger partial charge < -0.3 is 4.74 Å². The fraction of sp³-hybridized carbons (Fsp3) is 0.429. The Hall–Kier alpha value is -0.803. The van der Waals surface area contributed by atoms with E-state index >= 15 is 0 Å². The molecule has 0 saturated heterocycles. The molecular weight excluding hydrogens is 400 g/mol. The average Bonchev–Trinajstić information content (AvgIpc) is 2.76. The van der Waals surface area contributed by atoms with Crippen LogP contribution in [0.2, 0.25) is 25.7 Å². The summed E-state index contributed by atoms with van der Waals surface area (Å²) in [6, 6.07) is 4.15. The number of rotatable bonds is 6. The molecule has 7 heteroatoms. The van der Waals surface area contributed by atoms with Gasteiger partial charge in [0, 0.05) is 14.7 Å². The van der Waals surface area contributed by atoms with Gasteiger partial charge >= 0.3 is 0 Å². The fourth-order valence-electron chi connectivity index (χ4n) is 1.72. The number of nitrogens with zero attached hydrogens (tertiary/aromatic N) is 3. The minimum Gasteiger partial charge on any atom is -0.361 e. The summed E-state index contributed by atoms with van der Waals surface area (Å²) >= 11 is 2.21. The molecule has 2 aromatic rings. The molecule has 0 bridgehead atoms. The SMILES string of the molecule is C[Si](C)(C)CCOCn1c(I)cnc1-c1ccc(F)cn1. The lowest BCUT2D eigenvalue weighted by Gasteiger charge is -2.16. The van der Waals surface area contributed by atoms with Gasteiger partial charge in [0.05, 0.1) is 12.4 Å². The van der Waals surface area contributed by atoms with Crippen LogP contribution in [-0.2, 0) is 11.5 Å². The molecule has 0 aliphatic carbocycles. The minimum absolute atomic E-state index is 0.349. The summed E-state index contributed by atoms with van der Waals surface area (Å²) in [6.45, 7) is 8.17. The van der Waals surface area contributed by atoms with Crippen LogP contribution >= 0.6 is 22.6 Å². The number of aromatic nitrogens is 3. The second-order valence-electron chi connectivity index (χ2n) is 6.04. The first kappa shape index (κ1) is 16.6. The number of hydrogen-bond acceptors (Lipinski definition) is 3. The molecule has 2 rings (SSSR count). The molecule has 0 radical (unpaired) electrons. The Kier molecular flexibility index (Phi) is 5.50. The minimum atomic E-state index is -1.08. The highest BCUT2D eigenvalue weighted by Gasteiger charge is 2.14. The van der Waals surface area contributed by atoms with Crippen LogP contribution in [0.1, 0.15) is 0 Å². The van der Waals surface area contributed by atoms with E-state index in [1.165, 1.54) is 12.3 Å². The highest BCUT2D eigenvalue weighted by Crippen LogP contribution is 2.19. The number of imidazole rings is 1. The van der Waals surface area contributed by atoms with E-state index in [1.807, 2.05) is 4.57 Å². The molecule has 0 aliphatic rings. The maximum absolute atomic E-state index is 13.0. The maximum Gasteiger partial charge on any atom is 0.161 e. The van der Waals surface area contributed by atoms with Gasteiger partial charge in [-0.3, -0.25) is 4.57 Å². The lowest BCUT2D eigenvalue weighted by molar-refractivity contribution is 0.0866. The van der Waals surface area contributed by atoms with Crippen molar-refractivity contribution in [1.82, 2.24) is 14.5 Å². The van der Waals surface area contributed by atoms with Crippen LogP contribution < -0.4 is 0 Å².